The molecule has 0 N–H and O–H groups in total. The van der Waals surface area contributed by atoms with Crippen molar-refractivity contribution in [2.45, 2.75) is 36.9 Å². The summed E-state index contributed by atoms with van der Waals surface area (Å²) >= 11 is 11.6. The lowest BCUT2D eigenvalue weighted by Crippen LogP contribution is -2.29. The Labute approximate surface area is 144 Å². The predicted octanol–water partition coefficient (Wildman–Crippen LogP) is 2.81. The standard InChI is InChI=1S/C14H16Cl2O6S/c1-9(14(17)21-8-11-3-2-6-20-11)22-23(18,19)13-7-10(15)4-5-12(13)16/h4-5,7,9,11H,2-3,6,8H2,1H3/t9-,11?/m0/s1. The minimum absolute atomic E-state index is 0.0469. The van der Waals surface area contributed by atoms with E-state index in [2.05, 4.69) is 0 Å². The van der Waals surface area contributed by atoms with Crippen molar-refractivity contribution in [2.24, 2.45) is 0 Å². The van der Waals surface area contributed by atoms with Crippen LogP contribution in [-0.2, 0) is 28.6 Å². The summed E-state index contributed by atoms with van der Waals surface area (Å²) < 4.78 is 39.5. The first-order valence-corrected chi connectivity index (χ1v) is 9.12. The minimum atomic E-state index is -4.24. The highest BCUT2D eigenvalue weighted by atomic mass is 35.5. The first kappa shape index (κ1) is 18.5. The molecule has 1 aliphatic rings. The molecule has 1 fully saturated rings. The Morgan fingerprint density at radius 2 is 2.17 bits per heavy atom. The quantitative estimate of drug-likeness (QED) is 0.555. The van der Waals surface area contributed by atoms with E-state index in [1.165, 1.54) is 19.1 Å². The van der Waals surface area contributed by atoms with Crippen LogP contribution in [-0.4, -0.2) is 39.8 Å². The van der Waals surface area contributed by atoms with Crippen molar-refractivity contribution in [1.29, 1.82) is 0 Å². The molecule has 1 heterocycles. The zero-order valence-electron chi connectivity index (χ0n) is 12.3. The van der Waals surface area contributed by atoms with Gasteiger partial charge < -0.3 is 9.47 Å². The Kier molecular flexibility index (Phi) is 6.27. The zero-order chi connectivity index (χ0) is 17.0. The maximum Gasteiger partial charge on any atom is 0.336 e. The zero-order valence-corrected chi connectivity index (χ0v) is 14.7. The van der Waals surface area contributed by atoms with Gasteiger partial charge in [-0.25, -0.2) is 4.79 Å². The van der Waals surface area contributed by atoms with Gasteiger partial charge in [0.2, 0.25) is 0 Å². The normalized spacial score (nSPS) is 19.5. The molecule has 128 valence electrons. The molecule has 2 rings (SSSR count). The summed E-state index contributed by atoms with van der Waals surface area (Å²) in [5, 5.41) is 0.138. The average Bonchev–Trinajstić information content (AvgIpc) is 3.00. The highest BCUT2D eigenvalue weighted by molar-refractivity contribution is 7.87. The second kappa shape index (κ2) is 7.81. The van der Waals surface area contributed by atoms with Crippen molar-refractivity contribution in [3.05, 3.63) is 28.2 Å². The van der Waals surface area contributed by atoms with Crippen molar-refractivity contribution >= 4 is 39.3 Å². The van der Waals surface area contributed by atoms with Crippen LogP contribution in [0, 0.1) is 0 Å². The van der Waals surface area contributed by atoms with Crippen LogP contribution >= 0.6 is 23.2 Å². The fourth-order valence-corrected chi connectivity index (χ4v) is 3.80. The molecule has 0 bridgehead atoms. The van der Waals surface area contributed by atoms with Gasteiger partial charge in [0.25, 0.3) is 10.1 Å². The second-order valence-electron chi connectivity index (χ2n) is 5.03. The molecule has 0 aliphatic carbocycles. The van der Waals surface area contributed by atoms with E-state index in [0.29, 0.717) is 6.61 Å². The topological polar surface area (TPSA) is 78.9 Å². The van der Waals surface area contributed by atoms with Gasteiger partial charge in [-0.2, -0.15) is 8.42 Å². The molecule has 1 aliphatic heterocycles. The van der Waals surface area contributed by atoms with Gasteiger partial charge in [-0.15, -0.1) is 0 Å². The second-order valence-corrected chi connectivity index (χ2v) is 7.42. The van der Waals surface area contributed by atoms with Gasteiger partial charge >= 0.3 is 5.97 Å². The maximum absolute atomic E-state index is 12.2. The van der Waals surface area contributed by atoms with Crippen molar-refractivity contribution in [2.75, 3.05) is 13.2 Å². The predicted molar refractivity (Wildman–Crippen MR) is 84.1 cm³/mol. The van der Waals surface area contributed by atoms with Crippen LogP contribution in [0.2, 0.25) is 10.0 Å². The maximum atomic E-state index is 12.2. The molecule has 2 atom stereocenters. The number of hydrogen-bond donors (Lipinski definition) is 0. The highest BCUT2D eigenvalue weighted by Gasteiger charge is 2.28. The molecular formula is C14H16Cl2O6S. The van der Waals surface area contributed by atoms with Crippen LogP contribution in [0.5, 0.6) is 0 Å². The monoisotopic (exact) mass is 382 g/mol. The number of ether oxygens (including phenoxy) is 2. The van der Waals surface area contributed by atoms with E-state index < -0.39 is 22.2 Å². The first-order valence-electron chi connectivity index (χ1n) is 6.96. The number of hydrogen-bond acceptors (Lipinski definition) is 6. The van der Waals surface area contributed by atoms with Crippen LogP contribution in [0.15, 0.2) is 23.1 Å². The van der Waals surface area contributed by atoms with Crippen molar-refractivity contribution < 1.29 is 26.9 Å². The van der Waals surface area contributed by atoms with Gasteiger partial charge in [-0.05, 0) is 38.0 Å². The van der Waals surface area contributed by atoms with Gasteiger partial charge in [-0.3, -0.25) is 4.18 Å². The summed E-state index contributed by atoms with van der Waals surface area (Å²) in [7, 11) is -4.24. The van der Waals surface area contributed by atoms with Crippen LogP contribution in [0.4, 0.5) is 0 Å². The molecule has 0 saturated carbocycles. The van der Waals surface area contributed by atoms with Gasteiger partial charge in [0, 0.05) is 11.6 Å². The number of halogens is 2. The molecule has 1 saturated heterocycles. The molecule has 1 aromatic carbocycles. The van der Waals surface area contributed by atoms with E-state index in [4.69, 9.17) is 36.9 Å². The summed E-state index contributed by atoms with van der Waals surface area (Å²) in [6.45, 7) is 1.99. The average molecular weight is 383 g/mol. The van der Waals surface area contributed by atoms with Crippen molar-refractivity contribution in [3.63, 3.8) is 0 Å². The molecule has 0 radical (unpaired) electrons. The smallest absolute Gasteiger partial charge is 0.336 e. The number of benzene rings is 1. The number of esters is 1. The molecule has 1 unspecified atom stereocenters. The van der Waals surface area contributed by atoms with E-state index in [1.54, 1.807) is 0 Å². The Morgan fingerprint density at radius 1 is 1.43 bits per heavy atom. The Hall–Kier alpha value is -0.860. The lowest BCUT2D eigenvalue weighted by atomic mass is 10.2. The van der Waals surface area contributed by atoms with E-state index in [9.17, 15) is 13.2 Å². The molecule has 0 spiro atoms. The van der Waals surface area contributed by atoms with Crippen LogP contribution in [0.1, 0.15) is 19.8 Å². The lowest BCUT2D eigenvalue weighted by molar-refractivity contribution is -0.154. The molecule has 0 aromatic heterocycles. The summed E-state index contributed by atoms with van der Waals surface area (Å²) in [5.41, 5.74) is 0. The SMILES string of the molecule is C[C@H](OS(=O)(=O)c1cc(Cl)ccc1Cl)C(=O)OCC1CCCO1. The van der Waals surface area contributed by atoms with Gasteiger partial charge in [-0.1, -0.05) is 23.2 Å². The first-order chi connectivity index (χ1) is 10.8. The lowest BCUT2D eigenvalue weighted by Gasteiger charge is -2.15. The Bertz CT molecular complexity index is 670. The van der Waals surface area contributed by atoms with Gasteiger partial charge in [0.15, 0.2) is 6.10 Å². The van der Waals surface area contributed by atoms with E-state index in [0.717, 1.165) is 18.9 Å². The number of carbonyl (C=O) groups excluding carboxylic acids is 1. The molecule has 23 heavy (non-hydrogen) atoms. The third kappa shape index (κ3) is 5.06. The molecule has 1 aromatic rings. The minimum Gasteiger partial charge on any atom is -0.461 e. The highest BCUT2D eigenvalue weighted by Crippen LogP contribution is 2.27. The fraction of sp³-hybridized carbons (Fsp3) is 0.500. The van der Waals surface area contributed by atoms with Crippen molar-refractivity contribution in [1.82, 2.24) is 0 Å². The summed E-state index contributed by atoms with van der Waals surface area (Å²) in [4.78, 5) is 11.5. The van der Waals surface area contributed by atoms with Gasteiger partial charge in [0.05, 0.1) is 11.1 Å². The van der Waals surface area contributed by atoms with Crippen LogP contribution in [0.25, 0.3) is 0 Å². The van der Waals surface area contributed by atoms with Crippen LogP contribution < -0.4 is 0 Å². The number of rotatable bonds is 6. The summed E-state index contributed by atoms with van der Waals surface area (Å²) in [5.74, 6) is -0.790. The Balaban J connectivity index is 1.98. The van der Waals surface area contributed by atoms with Crippen molar-refractivity contribution in [3.8, 4) is 0 Å². The van der Waals surface area contributed by atoms with E-state index in [-0.39, 0.29) is 27.7 Å². The van der Waals surface area contributed by atoms with E-state index in [1.807, 2.05) is 0 Å². The number of carbonyl (C=O) groups is 1. The molecular weight excluding hydrogens is 367 g/mol. The summed E-state index contributed by atoms with van der Waals surface area (Å²) in [6.07, 6.45) is 0.260. The third-order valence-electron chi connectivity index (χ3n) is 3.20. The molecule has 0 amide bonds. The largest absolute Gasteiger partial charge is 0.461 e. The van der Waals surface area contributed by atoms with Crippen LogP contribution in [0.3, 0.4) is 0 Å². The third-order valence-corrected chi connectivity index (χ3v) is 5.30. The fourth-order valence-electron chi connectivity index (χ4n) is 2.02. The summed E-state index contributed by atoms with van der Waals surface area (Å²) in [6, 6.07) is 3.94. The molecule has 6 nitrogen and oxygen atoms in total. The Morgan fingerprint density at radius 3 is 2.83 bits per heavy atom. The van der Waals surface area contributed by atoms with E-state index >= 15 is 0 Å². The molecule has 9 heteroatoms. The van der Waals surface area contributed by atoms with Gasteiger partial charge in [0.1, 0.15) is 11.5 Å².